The molecule has 0 bridgehead atoms. The van der Waals surface area contributed by atoms with Crippen molar-refractivity contribution in [2.45, 2.75) is 38.9 Å². The van der Waals surface area contributed by atoms with Crippen LogP contribution in [0.1, 0.15) is 41.1 Å². The summed E-state index contributed by atoms with van der Waals surface area (Å²) in [6, 6.07) is 5.94. The number of fused-ring (bicyclic) bond motifs is 1. The van der Waals surface area contributed by atoms with Crippen molar-refractivity contribution in [1.82, 2.24) is 19.4 Å². The molecule has 2 aliphatic heterocycles. The van der Waals surface area contributed by atoms with Gasteiger partial charge in [0.15, 0.2) is 5.69 Å². The molecule has 4 rings (SSSR count). The van der Waals surface area contributed by atoms with Crippen LogP contribution in [0.5, 0.6) is 5.75 Å². The second-order valence-corrected chi connectivity index (χ2v) is 7.37. The SMILES string of the molecule is O=C1c2c(O)c(=O)nc(CN3CCCCC3)n2CCN1Cc1ccc(F)cc1. The molecule has 1 fully saturated rings. The maximum absolute atomic E-state index is 13.1. The number of carbonyl (C=O) groups is 1. The lowest BCUT2D eigenvalue weighted by Gasteiger charge is -2.33. The fourth-order valence-electron chi connectivity index (χ4n) is 3.92. The fourth-order valence-corrected chi connectivity index (χ4v) is 3.92. The van der Waals surface area contributed by atoms with E-state index in [2.05, 4.69) is 9.88 Å². The van der Waals surface area contributed by atoms with Crippen molar-refractivity contribution in [2.24, 2.45) is 0 Å². The van der Waals surface area contributed by atoms with Crippen molar-refractivity contribution in [1.29, 1.82) is 0 Å². The third-order valence-electron chi connectivity index (χ3n) is 5.42. The van der Waals surface area contributed by atoms with Gasteiger partial charge < -0.3 is 14.6 Å². The number of amides is 1. The van der Waals surface area contributed by atoms with Gasteiger partial charge in [0.1, 0.15) is 11.6 Å². The van der Waals surface area contributed by atoms with E-state index in [0.717, 1.165) is 31.5 Å². The van der Waals surface area contributed by atoms with Crippen LogP contribution in [0.25, 0.3) is 0 Å². The highest BCUT2D eigenvalue weighted by molar-refractivity contribution is 5.95. The van der Waals surface area contributed by atoms with E-state index < -0.39 is 17.2 Å². The zero-order valence-corrected chi connectivity index (χ0v) is 15.6. The van der Waals surface area contributed by atoms with Crippen LogP contribution in [0.15, 0.2) is 29.1 Å². The Bertz CT molecular complexity index is 936. The summed E-state index contributed by atoms with van der Waals surface area (Å²) in [5.74, 6) is -0.824. The highest BCUT2D eigenvalue weighted by Gasteiger charge is 2.31. The molecule has 148 valence electrons. The number of aromatic nitrogens is 2. The monoisotopic (exact) mass is 386 g/mol. The number of hydrogen-bond donors (Lipinski definition) is 1. The van der Waals surface area contributed by atoms with Crippen LogP contribution in [-0.4, -0.2) is 50.0 Å². The minimum absolute atomic E-state index is 0.000344. The molecule has 1 aromatic heterocycles. The molecule has 7 nitrogen and oxygen atoms in total. The Hall–Kier alpha value is -2.74. The van der Waals surface area contributed by atoms with Crippen molar-refractivity contribution in [3.8, 4) is 5.75 Å². The topological polar surface area (TPSA) is 78.7 Å². The number of aromatic hydroxyl groups is 1. The van der Waals surface area contributed by atoms with Crippen LogP contribution in [-0.2, 0) is 19.6 Å². The van der Waals surface area contributed by atoms with Crippen molar-refractivity contribution in [3.63, 3.8) is 0 Å². The summed E-state index contributed by atoms with van der Waals surface area (Å²) in [7, 11) is 0. The smallest absolute Gasteiger partial charge is 0.315 e. The standard InChI is InChI=1S/C20H23FN4O3/c21-15-6-4-14(5-7-15)12-24-10-11-25-16(13-23-8-2-1-3-9-23)22-19(27)18(26)17(25)20(24)28/h4-7,26H,1-3,8-13H2. The predicted molar refractivity (Wildman–Crippen MR) is 100 cm³/mol. The van der Waals surface area contributed by atoms with Crippen LogP contribution in [0.3, 0.4) is 0 Å². The van der Waals surface area contributed by atoms with Gasteiger partial charge in [-0.15, -0.1) is 0 Å². The quantitative estimate of drug-likeness (QED) is 0.866. The molecule has 3 heterocycles. The summed E-state index contributed by atoms with van der Waals surface area (Å²) in [6.07, 6.45) is 3.42. The van der Waals surface area contributed by atoms with E-state index in [-0.39, 0.29) is 18.1 Å². The molecule has 0 radical (unpaired) electrons. The maximum Gasteiger partial charge on any atom is 0.315 e. The number of benzene rings is 1. The van der Waals surface area contributed by atoms with E-state index in [0.29, 0.717) is 25.5 Å². The van der Waals surface area contributed by atoms with E-state index in [1.54, 1.807) is 21.6 Å². The van der Waals surface area contributed by atoms with Gasteiger partial charge in [0.25, 0.3) is 5.91 Å². The molecule has 1 N–H and O–H groups in total. The summed E-state index contributed by atoms with van der Waals surface area (Å²) in [5, 5.41) is 10.3. The third kappa shape index (κ3) is 3.64. The summed E-state index contributed by atoms with van der Waals surface area (Å²) >= 11 is 0. The molecule has 0 atom stereocenters. The molecule has 1 saturated heterocycles. The fraction of sp³-hybridized carbons (Fsp3) is 0.450. The highest BCUT2D eigenvalue weighted by Crippen LogP contribution is 2.23. The van der Waals surface area contributed by atoms with Crippen LogP contribution in [0.4, 0.5) is 4.39 Å². The van der Waals surface area contributed by atoms with Gasteiger partial charge in [-0.1, -0.05) is 18.6 Å². The second-order valence-electron chi connectivity index (χ2n) is 7.37. The van der Waals surface area contributed by atoms with E-state index in [1.165, 1.54) is 18.6 Å². The summed E-state index contributed by atoms with van der Waals surface area (Å²) < 4.78 is 14.8. The summed E-state index contributed by atoms with van der Waals surface area (Å²) in [4.78, 5) is 33.0. The highest BCUT2D eigenvalue weighted by atomic mass is 19.1. The Balaban J connectivity index is 1.62. The number of piperidine rings is 1. The van der Waals surface area contributed by atoms with Crippen LogP contribution in [0.2, 0.25) is 0 Å². The molecule has 28 heavy (non-hydrogen) atoms. The second kappa shape index (κ2) is 7.71. The molecule has 0 spiro atoms. The molecular weight excluding hydrogens is 363 g/mol. The molecule has 1 amide bonds. The van der Waals surface area contributed by atoms with Gasteiger partial charge in [0.05, 0.1) is 6.54 Å². The third-order valence-corrected chi connectivity index (χ3v) is 5.42. The first-order chi connectivity index (χ1) is 13.5. The average Bonchev–Trinajstić information content (AvgIpc) is 2.70. The van der Waals surface area contributed by atoms with Gasteiger partial charge in [-0.05, 0) is 43.6 Å². The lowest BCUT2D eigenvalue weighted by atomic mass is 10.1. The first-order valence-corrected chi connectivity index (χ1v) is 9.61. The summed E-state index contributed by atoms with van der Waals surface area (Å²) in [6.45, 7) is 3.55. The normalized spacial score (nSPS) is 17.6. The molecule has 2 aromatic rings. The zero-order chi connectivity index (χ0) is 19.7. The van der Waals surface area contributed by atoms with Gasteiger partial charge in [-0.25, -0.2) is 4.39 Å². The molecule has 1 aromatic carbocycles. The zero-order valence-electron chi connectivity index (χ0n) is 15.6. The van der Waals surface area contributed by atoms with Gasteiger partial charge in [0.2, 0.25) is 5.75 Å². The van der Waals surface area contributed by atoms with Crippen LogP contribution in [0, 0.1) is 5.82 Å². The largest absolute Gasteiger partial charge is 0.501 e. The minimum Gasteiger partial charge on any atom is -0.501 e. The molecule has 2 aliphatic rings. The van der Waals surface area contributed by atoms with E-state index in [1.807, 2.05) is 0 Å². The number of nitrogens with zero attached hydrogens (tertiary/aromatic N) is 4. The minimum atomic E-state index is -0.768. The lowest BCUT2D eigenvalue weighted by molar-refractivity contribution is 0.0676. The number of rotatable bonds is 4. The Morgan fingerprint density at radius 1 is 0.964 bits per heavy atom. The number of hydrogen-bond acceptors (Lipinski definition) is 5. The lowest BCUT2D eigenvalue weighted by Crippen LogP contribution is -2.43. The van der Waals surface area contributed by atoms with Gasteiger partial charge >= 0.3 is 5.56 Å². The summed E-state index contributed by atoms with van der Waals surface area (Å²) in [5.41, 5.74) is 0.0169. The van der Waals surface area contributed by atoms with Crippen molar-refractivity contribution in [3.05, 3.63) is 57.5 Å². The molecule has 0 aliphatic carbocycles. The Kier molecular flexibility index (Phi) is 5.13. The first-order valence-electron chi connectivity index (χ1n) is 9.61. The van der Waals surface area contributed by atoms with Gasteiger partial charge in [-0.3, -0.25) is 14.5 Å². The Labute approximate surface area is 162 Å². The molecule has 0 saturated carbocycles. The maximum atomic E-state index is 13.1. The number of halogens is 1. The van der Waals surface area contributed by atoms with E-state index in [9.17, 15) is 19.1 Å². The average molecular weight is 386 g/mol. The number of carbonyl (C=O) groups excluding carboxylic acids is 1. The van der Waals surface area contributed by atoms with Crippen molar-refractivity contribution in [2.75, 3.05) is 19.6 Å². The van der Waals surface area contributed by atoms with E-state index >= 15 is 0 Å². The van der Waals surface area contributed by atoms with Gasteiger partial charge in [-0.2, -0.15) is 4.98 Å². The molecular formula is C20H23FN4O3. The predicted octanol–water partition coefficient (Wildman–Crippen LogP) is 1.73. The van der Waals surface area contributed by atoms with Crippen LogP contribution >= 0.6 is 0 Å². The Morgan fingerprint density at radius 3 is 2.39 bits per heavy atom. The van der Waals surface area contributed by atoms with E-state index in [4.69, 9.17) is 0 Å². The molecule has 8 heteroatoms. The number of likely N-dealkylation sites (tertiary alicyclic amines) is 1. The van der Waals surface area contributed by atoms with Crippen molar-refractivity contribution < 1.29 is 14.3 Å². The van der Waals surface area contributed by atoms with Gasteiger partial charge in [0, 0.05) is 19.6 Å². The van der Waals surface area contributed by atoms with Crippen molar-refractivity contribution >= 4 is 5.91 Å². The Morgan fingerprint density at radius 2 is 1.68 bits per heavy atom. The first kappa shape index (κ1) is 18.6. The van der Waals surface area contributed by atoms with Crippen LogP contribution < -0.4 is 5.56 Å². The molecule has 0 unspecified atom stereocenters.